The van der Waals surface area contributed by atoms with Crippen molar-refractivity contribution in [3.8, 4) is 0 Å². The molecule has 5 nitrogen and oxygen atoms in total. The molecule has 5 heteroatoms. The van der Waals surface area contributed by atoms with E-state index in [-0.39, 0.29) is 11.5 Å². The van der Waals surface area contributed by atoms with Crippen LogP contribution in [0.5, 0.6) is 0 Å². The average Bonchev–Trinajstić information content (AvgIpc) is 2.48. The first-order valence-corrected chi connectivity index (χ1v) is 6.51. The molecule has 0 saturated carbocycles. The summed E-state index contributed by atoms with van der Waals surface area (Å²) in [6.45, 7) is 1.45. The Labute approximate surface area is 121 Å². The number of fused-ring (bicyclic) bond motifs is 1. The summed E-state index contributed by atoms with van der Waals surface area (Å²) in [4.78, 5) is 29.9. The van der Waals surface area contributed by atoms with Gasteiger partial charge < -0.3 is 0 Å². The number of rotatable bonds is 2. The lowest BCUT2D eigenvalue weighted by Gasteiger charge is -2.20. The lowest BCUT2D eigenvalue weighted by Crippen LogP contribution is -2.26. The fourth-order valence-corrected chi connectivity index (χ4v) is 2.21. The molecule has 1 amide bonds. The summed E-state index contributed by atoms with van der Waals surface area (Å²) in [5, 5.41) is 0. The monoisotopic (exact) mass is 279 g/mol. The van der Waals surface area contributed by atoms with Crippen molar-refractivity contribution in [1.29, 1.82) is 0 Å². The average molecular weight is 279 g/mol. The van der Waals surface area contributed by atoms with E-state index in [1.807, 2.05) is 18.2 Å². The number of carbonyl (C=O) groups is 1. The first kappa shape index (κ1) is 13.1. The highest BCUT2D eigenvalue weighted by molar-refractivity contribution is 5.98. The van der Waals surface area contributed by atoms with E-state index in [1.54, 1.807) is 36.5 Å². The number of benzene rings is 1. The molecule has 0 saturated heterocycles. The highest BCUT2D eigenvalue weighted by Crippen LogP contribution is 2.22. The van der Waals surface area contributed by atoms with Gasteiger partial charge in [-0.1, -0.05) is 24.3 Å². The largest absolute Gasteiger partial charge is 0.274 e. The third-order valence-corrected chi connectivity index (χ3v) is 3.12. The number of anilines is 2. The fraction of sp³-hybridized carbons (Fsp3) is 0.0625. The minimum Gasteiger partial charge on any atom is -0.274 e. The van der Waals surface area contributed by atoms with Gasteiger partial charge in [-0.05, 0) is 24.3 Å². The van der Waals surface area contributed by atoms with Crippen molar-refractivity contribution < 1.29 is 4.79 Å². The second kappa shape index (κ2) is 5.20. The second-order valence-corrected chi connectivity index (χ2v) is 4.57. The Balaban J connectivity index is 2.21. The summed E-state index contributed by atoms with van der Waals surface area (Å²) in [5.41, 5.74) is 0.956. The lowest BCUT2D eigenvalue weighted by molar-refractivity contribution is -0.115. The summed E-state index contributed by atoms with van der Waals surface area (Å²) >= 11 is 0. The van der Waals surface area contributed by atoms with E-state index in [0.29, 0.717) is 17.2 Å². The highest BCUT2D eigenvalue weighted by Gasteiger charge is 2.16. The molecule has 0 spiro atoms. The Hall–Kier alpha value is -2.95. The molecule has 0 unspecified atom stereocenters. The third-order valence-electron chi connectivity index (χ3n) is 3.12. The molecular formula is C16H13N3O2. The number of hydrogen-bond donors (Lipinski definition) is 0. The lowest BCUT2D eigenvalue weighted by atomic mass is 10.3. The summed E-state index contributed by atoms with van der Waals surface area (Å²) in [6, 6.07) is 15.8. The summed E-state index contributed by atoms with van der Waals surface area (Å²) in [6.07, 6.45) is 1.65. The Bertz CT molecular complexity index is 856. The molecule has 1 aromatic carbocycles. The minimum absolute atomic E-state index is 0.201. The second-order valence-electron chi connectivity index (χ2n) is 4.57. The summed E-state index contributed by atoms with van der Waals surface area (Å²) in [7, 11) is 0. The van der Waals surface area contributed by atoms with Crippen molar-refractivity contribution in [3.63, 3.8) is 0 Å². The van der Waals surface area contributed by atoms with Crippen molar-refractivity contribution >= 4 is 23.1 Å². The maximum absolute atomic E-state index is 12.1. The van der Waals surface area contributed by atoms with E-state index in [2.05, 4.69) is 4.98 Å². The first-order chi connectivity index (χ1) is 10.2. The van der Waals surface area contributed by atoms with Crippen LogP contribution in [-0.2, 0) is 4.79 Å². The fourth-order valence-electron chi connectivity index (χ4n) is 2.21. The van der Waals surface area contributed by atoms with Gasteiger partial charge in [-0.25, -0.2) is 4.98 Å². The molecule has 0 aliphatic rings. The van der Waals surface area contributed by atoms with Crippen molar-refractivity contribution in [3.05, 3.63) is 71.1 Å². The molecule has 104 valence electrons. The third kappa shape index (κ3) is 2.41. The molecule has 0 atom stereocenters. The van der Waals surface area contributed by atoms with Crippen LogP contribution in [0.3, 0.4) is 0 Å². The van der Waals surface area contributed by atoms with Gasteiger partial charge in [-0.2, -0.15) is 0 Å². The predicted molar refractivity (Wildman–Crippen MR) is 80.7 cm³/mol. The molecule has 3 rings (SSSR count). The molecule has 0 radical (unpaired) electrons. The van der Waals surface area contributed by atoms with E-state index in [9.17, 15) is 9.59 Å². The van der Waals surface area contributed by atoms with Crippen LogP contribution < -0.4 is 10.5 Å². The van der Waals surface area contributed by atoms with E-state index >= 15 is 0 Å². The minimum atomic E-state index is -0.224. The zero-order valence-electron chi connectivity index (χ0n) is 11.4. The Morgan fingerprint density at radius 3 is 2.52 bits per heavy atom. The van der Waals surface area contributed by atoms with Crippen molar-refractivity contribution in [2.45, 2.75) is 6.92 Å². The quantitative estimate of drug-likeness (QED) is 0.723. The van der Waals surface area contributed by atoms with Gasteiger partial charge in [0.2, 0.25) is 5.91 Å². The van der Waals surface area contributed by atoms with Crippen LogP contribution in [0.15, 0.2) is 65.6 Å². The van der Waals surface area contributed by atoms with Crippen LogP contribution in [0, 0.1) is 0 Å². The van der Waals surface area contributed by atoms with E-state index < -0.39 is 0 Å². The van der Waals surface area contributed by atoms with Gasteiger partial charge in [0.25, 0.3) is 5.56 Å². The molecule has 2 aromatic heterocycles. The van der Waals surface area contributed by atoms with Gasteiger partial charge in [-0.3, -0.25) is 18.9 Å². The number of pyridine rings is 1. The van der Waals surface area contributed by atoms with Crippen LogP contribution in [0.25, 0.3) is 5.65 Å². The molecule has 2 heterocycles. The molecule has 21 heavy (non-hydrogen) atoms. The summed E-state index contributed by atoms with van der Waals surface area (Å²) < 4.78 is 1.44. The molecule has 0 bridgehead atoms. The zero-order valence-corrected chi connectivity index (χ0v) is 11.4. The Kier molecular flexibility index (Phi) is 3.23. The van der Waals surface area contributed by atoms with Crippen molar-refractivity contribution in [2.75, 3.05) is 4.90 Å². The first-order valence-electron chi connectivity index (χ1n) is 6.51. The zero-order chi connectivity index (χ0) is 14.8. The topological polar surface area (TPSA) is 54.7 Å². The van der Waals surface area contributed by atoms with Gasteiger partial charge in [0.05, 0.1) is 5.69 Å². The van der Waals surface area contributed by atoms with E-state index in [4.69, 9.17) is 0 Å². The number of nitrogens with zero attached hydrogens (tertiary/aromatic N) is 3. The molecule has 0 aliphatic carbocycles. The molecule has 0 aliphatic heterocycles. The normalized spacial score (nSPS) is 10.5. The number of aromatic nitrogens is 2. The summed E-state index contributed by atoms with van der Waals surface area (Å²) in [5.74, 6) is 0.123. The van der Waals surface area contributed by atoms with E-state index in [0.717, 1.165) is 0 Å². The number of carbonyl (C=O) groups excluding carboxylic acids is 1. The number of para-hydroxylation sites is 1. The molecule has 0 N–H and O–H groups in total. The predicted octanol–water partition coefficient (Wildman–Crippen LogP) is 2.38. The molecule has 0 fully saturated rings. The molecular weight excluding hydrogens is 266 g/mol. The van der Waals surface area contributed by atoms with Crippen LogP contribution >= 0.6 is 0 Å². The van der Waals surface area contributed by atoms with Crippen LogP contribution in [0.1, 0.15) is 6.92 Å². The number of hydrogen-bond acceptors (Lipinski definition) is 3. The molecule has 3 aromatic rings. The van der Waals surface area contributed by atoms with Crippen LogP contribution in [0.4, 0.5) is 11.5 Å². The standard InChI is InChI=1S/C16H13N3O2/c1-12(20)19(13-7-3-2-4-8-13)15-11-16(21)18-10-6-5-9-14(18)17-15/h2-11H,1H3. The van der Waals surface area contributed by atoms with Crippen molar-refractivity contribution in [2.24, 2.45) is 0 Å². The SMILES string of the molecule is CC(=O)N(c1ccccc1)c1cc(=O)n2ccccc2n1. The van der Waals surface area contributed by atoms with Gasteiger partial charge >= 0.3 is 0 Å². The Morgan fingerprint density at radius 1 is 1.10 bits per heavy atom. The Morgan fingerprint density at radius 2 is 1.81 bits per heavy atom. The van der Waals surface area contributed by atoms with Crippen LogP contribution in [-0.4, -0.2) is 15.3 Å². The van der Waals surface area contributed by atoms with Gasteiger partial charge in [0.15, 0.2) is 0 Å². The van der Waals surface area contributed by atoms with Gasteiger partial charge in [-0.15, -0.1) is 0 Å². The smallest absolute Gasteiger partial charge is 0.259 e. The van der Waals surface area contributed by atoms with Crippen LogP contribution in [0.2, 0.25) is 0 Å². The maximum atomic E-state index is 12.1. The highest BCUT2D eigenvalue weighted by atomic mass is 16.2. The van der Waals surface area contributed by atoms with Crippen molar-refractivity contribution in [1.82, 2.24) is 9.38 Å². The van der Waals surface area contributed by atoms with Gasteiger partial charge in [0, 0.05) is 19.2 Å². The number of amides is 1. The van der Waals surface area contributed by atoms with E-state index in [1.165, 1.54) is 22.3 Å². The maximum Gasteiger partial charge on any atom is 0.259 e. The van der Waals surface area contributed by atoms with Gasteiger partial charge in [0.1, 0.15) is 11.5 Å².